The van der Waals surface area contributed by atoms with Gasteiger partial charge in [0.25, 0.3) is 0 Å². The van der Waals surface area contributed by atoms with Gasteiger partial charge in [0.2, 0.25) is 5.91 Å². The average Bonchev–Trinajstić information content (AvgIpc) is 2.40. The van der Waals surface area contributed by atoms with Gasteiger partial charge in [0.15, 0.2) is 17.5 Å². The fourth-order valence-corrected chi connectivity index (χ4v) is 1.69. The Morgan fingerprint density at radius 3 is 2.32 bits per heavy atom. The second kappa shape index (κ2) is 6.81. The number of halogens is 3. The van der Waals surface area contributed by atoms with Gasteiger partial charge >= 0.3 is 0 Å². The molecule has 0 aliphatic carbocycles. The van der Waals surface area contributed by atoms with E-state index in [1.54, 1.807) is 13.2 Å². The normalized spacial score (nSPS) is 14.0. The van der Waals surface area contributed by atoms with Crippen LogP contribution in [0.3, 0.4) is 0 Å². The highest BCUT2D eigenvalue weighted by atomic mass is 32.2. The Balaban J connectivity index is 2.95. The third kappa shape index (κ3) is 3.87. The summed E-state index contributed by atoms with van der Waals surface area (Å²) < 4.78 is 39.0. The van der Waals surface area contributed by atoms with E-state index in [-0.39, 0.29) is 16.7 Å². The first-order chi connectivity index (χ1) is 8.90. The number of thioether (sulfide) groups is 1. The van der Waals surface area contributed by atoms with Crippen LogP contribution in [0.15, 0.2) is 12.1 Å². The quantitative estimate of drug-likeness (QED) is 0.817. The number of amides is 1. The molecule has 0 aliphatic heterocycles. The molecule has 0 bridgehead atoms. The van der Waals surface area contributed by atoms with Gasteiger partial charge in [0, 0.05) is 0 Å². The van der Waals surface area contributed by atoms with Crippen LogP contribution in [0, 0.1) is 17.5 Å². The molecular weight excluding hydrogens is 279 g/mol. The first-order valence-corrected chi connectivity index (χ1v) is 6.78. The minimum atomic E-state index is -1.58. The second-order valence-electron chi connectivity index (χ2n) is 3.92. The summed E-state index contributed by atoms with van der Waals surface area (Å²) in [7, 11) is 0. The number of hydrogen-bond donors (Lipinski definition) is 2. The van der Waals surface area contributed by atoms with Crippen molar-refractivity contribution >= 4 is 17.7 Å². The molecule has 2 atom stereocenters. The van der Waals surface area contributed by atoms with Crippen LogP contribution < -0.4 is 5.32 Å². The van der Waals surface area contributed by atoms with Crippen molar-refractivity contribution in [2.75, 3.05) is 12.9 Å². The lowest BCUT2D eigenvalue weighted by Crippen LogP contribution is -2.36. The van der Waals surface area contributed by atoms with Gasteiger partial charge < -0.3 is 10.4 Å². The summed E-state index contributed by atoms with van der Waals surface area (Å²) >= 11 is 1.29. The zero-order valence-corrected chi connectivity index (χ0v) is 11.2. The SMILES string of the molecule is CSC(C)C(=O)NC(CO)c1cc(F)c(F)c(F)c1. The number of carbonyl (C=O) groups excluding carboxylic acids is 1. The summed E-state index contributed by atoms with van der Waals surface area (Å²) in [5, 5.41) is 11.2. The molecule has 1 aromatic carbocycles. The van der Waals surface area contributed by atoms with E-state index in [4.69, 9.17) is 0 Å². The molecule has 0 saturated carbocycles. The van der Waals surface area contributed by atoms with Crippen LogP contribution in [0.25, 0.3) is 0 Å². The summed E-state index contributed by atoms with van der Waals surface area (Å²) in [6, 6.07) is 0.527. The number of carbonyl (C=O) groups is 1. The Kier molecular flexibility index (Phi) is 5.68. The molecule has 0 aromatic heterocycles. The number of nitrogens with one attached hydrogen (secondary N) is 1. The predicted molar refractivity (Wildman–Crippen MR) is 67.3 cm³/mol. The van der Waals surface area contributed by atoms with Gasteiger partial charge in [-0.25, -0.2) is 13.2 Å². The maximum absolute atomic E-state index is 13.1. The van der Waals surface area contributed by atoms with Crippen LogP contribution in [-0.2, 0) is 4.79 Å². The standard InChI is InChI=1S/C12H14F3NO2S/c1-6(19-2)12(18)16-10(5-17)7-3-8(13)11(15)9(14)4-7/h3-4,6,10,17H,5H2,1-2H3,(H,16,18). The molecule has 0 spiro atoms. The molecule has 0 fully saturated rings. The average molecular weight is 293 g/mol. The van der Waals surface area contributed by atoms with Crippen LogP contribution in [0.1, 0.15) is 18.5 Å². The Bertz CT molecular complexity index is 447. The molecule has 0 radical (unpaired) electrons. The zero-order chi connectivity index (χ0) is 14.6. The lowest BCUT2D eigenvalue weighted by atomic mass is 10.1. The van der Waals surface area contributed by atoms with Crippen molar-refractivity contribution in [2.24, 2.45) is 0 Å². The molecule has 7 heteroatoms. The minimum absolute atomic E-state index is 0.0273. The van der Waals surface area contributed by atoms with E-state index in [1.165, 1.54) is 11.8 Å². The smallest absolute Gasteiger partial charge is 0.233 e. The van der Waals surface area contributed by atoms with Crippen LogP contribution >= 0.6 is 11.8 Å². The van der Waals surface area contributed by atoms with Crippen molar-refractivity contribution in [1.82, 2.24) is 5.32 Å². The number of hydrogen-bond acceptors (Lipinski definition) is 3. The lowest BCUT2D eigenvalue weighted by molar-refractivity contribution is -0.121. The van der Waals surface area contributed by atoms with Crippen molar-refractivity contribution in [3.63, 3.8) is 0 Å². The van der Waals surface area contributed by atoms with Crippen LogP contribution in [0.2, 0.25) is 0 Å². The van der Waals surface area contributed by atoms with Gasteiger partial charge in [0.05, 0.1) is 17.9 Å². The Morgan fingerprint density at radius 2 is 1.89 bits per heavy atom. The molecule has 3 nitrogen and oxygen atoms in total. The number of rotatable bonds is 5. The predicted octanol–water partition coefficient (Wildman–Crippen LogP) is 2.00. The summed E-state index contributed by atoms with van der Waals surface area (Å²) in [6.45, 7) is 1.11. The lowest BCUT2D eigenvalue weighted by Gasteiger charge is -2.19. The third-order valence-electron chi connectivity index (χ3n) is 2.63. The van der Waals surface area contributed by atoms with Gasteiger partial charge in [0.1, 0.15) is 0 Å². The van der Waals surface area contributed by atoms with E-state index >= 15 is 0 Å². The molecule has 2 N–H and O–H groups in total. The number of aliphatic hydroxyl groups excluding tert-OH is 1. The summed E-state index contributed by atoms with van der Waals surface area (Å²) in [5.74, 6) is -4.68. The summed E-state index contributed by atoms with van der Waals surface area (Å²) in [6.07, 6.45) is 1.73. The van der Waals surface area contributed by atoms with E-state index in [1.807, 2.05) is 0 Å². The van der Waals surface area contributed by atoms with E-state index in [0.29, 0.717) is 0 Å². The second-order valence-corrected chi connectivity index (χ2v) is 5.10. The highest BCUT2D eigenvalue weighted by molar-refractivity contribution is 7.99. The summed E-state index contributed by atoms with van der Waals surface area (Å²) in [5.41, 5.74) is -0.0273. The number of benzene rings is 1. The summed E-state index contributed by atoms with van der Waals surface area (Å²) in [4.78, 5) is 11.6. The zero-order valence-electron chi connectivity index (χ0n) is 10.4. The molecule has 19 heavy (non-hydrogen) atoms. The van der Waals surface area contributed by atoms with E-state index in [9.17, 15) is 23.1 Å². The van der Waals surface area contributed by atoms with Crippen molar-refractivity contribution in [3.8, 4) is 0 Å². The van der Waals surface area contributed by atoms with Crippen LogP contribution in [-0.4, -0.2) is 29.1 Å². The molecule has 2 unspecified atom stereocenters. The molecule has 0 saturated heterocycles. The molecule has 106 valence electrons. The molecule has 1 rings (SSSR count). The van der Waals surface area contributed by atoms with Gasteiger partial charge in [-0.05, 0) is 30.9 Å². The van der Waals surface area contributed by atoms with E-state index in [2.05, 4.69) is 5.32 Å². The van der Waals surface area contributed by atoms with Gasteiger partial charge in [-0.15, -0.1) is 0 Å². The van der Waals surface area contributed by atoms with E-state index < -0.39 is 30.1 Å². The fraction of sp³-hybridized carbons (Fsp3) is 0.417. The Hall–Kier alpha value is -1.21. The van der Waals surface area contributed by atoms with Gasteiger partial charge in [-0.3, -0.25) is 4.79 Å². The maximum Gasteiger partial charge on any atom is 0.233 e. The largest absolute Gasteiger partial charge is 0.394 e. The topological polar surface area (TPSA) is 49.3 Å². The maximum atomic E-state index is 13.1. The molecule has 0 aliphatic rings. The van der Waals surface area contributed by atoms with Crippen molar-refractivity contribution in [1.29, 1.82) is 0 Å². The van der Waals surface area contributed by atoms with Crippen LogP contribution in [0.5, 0.6) is 0 Å². The van der Waals surface area contributed by atoms with Crippen molar-refractivity contribution in [2.45, 2.75) is 18.2 Å². The highest BCUT2D eigenvalue weighted by Gasteiger charge is 2.20. The van der Waals surface area contributed by atoms with E-state index in [0.717, 1.165) is 12.1 Å². The monoisotopic (exact) mass is 293 g/mol. The van der Waals surface area contributed by atoms with Gasteiger partial charge in [-0.2, -0.15) is 11.8 Å². The fourth-order valence-electron chi connectivity index (χ4n) is 1.41. The van der Waals surface area contributed by atoms with Crippen LogP contribution in [0.4, 0.5) is 13.2 Å². The molecule has 1 aromatic rings. The van der Waals surface area contributed by atoms with Crippen molar-refractivity contribution in [3.05, 3.63) is 35.1 Å². The highest BCUT2D eigenvalue weighted by Crippen LogP contribution is 2.20. The molecule has 1 amide bonds. The molecular formula is C12H14F3NO2S. The molecule has 0 heterocycles. The Labute approximate surface area is 113 Å². The third-order valence-corrected chi connectivity index (χ3v) is 3.55. The number of aliphatic hydroxyl groups is 1. The minimum Gasteiger partial charge on any atom is -0.394 e. The van der Waals surface area contributed by atoms with Crippen molar-refractivity contribution < 1.29 is 23.1 Å². The first-order valence-electron chi connectivity index (χ1n) is 5.49. The Morgan fingerprint density at radius 1 is 1.37 bits per heavy atom. The first kappa shape index (κ1) is 15.8. The van der Waals surface area contributed by atoms with Gasteiger partial charge in [-0.1, -0.05) is 0 Å².